The molecule has 0 aliphatic heterocycles. The highest BCUT2D eigenvalue weighted by molar-refractivity contribution is 5.81. The van der Waals surface area contributed by atoms with Gasteiger partial charge in [0, 0.05) is 0 Å². The lowest BCUT2D eigenvalue weighted by atomic mass is 10.2. The van der Waals surface area contributed by atoms with E-state index >= 15 is 0 Å². The fourth-order valence-electron chi connectivity index (χ4n) is 1.77. The van der Waals surface area contributed by atoms with Crippen molar-refractivity contribution in [1.82, 2.24) is 0 Å². The molecular formula is C15H4F10O3. The molecule has 13 heteroatoms. The maximum absolute atomic E-state index is 13.3. The zero-order valence-electron chi connectivity index (χ0n) is 12.9. The zero-order valence-corrected chi connectivity index (χ0v) is 12.9. The first kappa shape index (κ1) is 21.3. The molecule has 152 valence electrons. The minimum Gasteiger partial charge on any atom is -0.479 e. The quantitative estimate of drug-likeness (QED) is 0.400. The van der Waals surface area contributed by atoms with E-state index in [2.05, 4.69) is 9.47 Å². The van der Waals surface area contributed by atoms with Crippen LogP contribution in [0, 0.1) is 58.2 Å². The highest BCUT2D eigenvalue weighted by Crippen LogP contribution is 2.30. The normalized spacial score (nSPS) is 10.9. The van der Waals surface area contributed by atoms with Gasteiger partial charge in [-0.3, -0.25) is 4.79 Å². The molecule has 0 radical (unpaired) electrons. The van der Waals surface area contributed by atoms with Crippen LogP contribution in [0.25, 0.3) is 0 Å². The van der Waals surface area contributed by atoms with Crippen molar-refractivity contribution in [2.45, 2.75) is 0 Å². The van der Waals surface area contributed by atoms with E-state index in [1.807, 2.05) is 0 Å². The van der Waals surface area contributed by atoms with Crippen molar-refractivity contribution in [3.05, 3.63) is 58.2 Å². The van der Waals surface area contributed by atoms with Gasteiger partial charge in [-0.1, -0.05) is 0 Å². The van der Waals surface area contributed by atoms with Crippen LogP contribution < -0.4 is 9.47 Å². The number of benzene rings is 2. The van der Waals surface area contributed by atoms with E-state index in [9.17, 15) is 48.7 Å². The molecule has 0 aliphatic carbocycles. The van der Waals surface area contributed by atoms with Gasteiger partial charge in [-0.25, -0.2) is 26.3 Å². The number of hydrogen-bond donors (Lipinski definition) is 0. The number of ketones is 1. The first-order chi connectivity index (χ1) is 13.0. The molecule has 0 atom stereocenters. The Bertz CT molecular complexity index is 827. The molecule has 0 unspecified atom stereocenters. The first-order valence-electron chi connectivity index (χ1n) is 6.79. The Morgan fingerprint density at radius 3 is 0.929 bits per heavy atom. The van der Waals surface area contributed by atoms with Crippen LogP contribution in [0.2, 0.25) is 0 Å². The Balaban J connectivity index is 2.12. The van der Waals surface area contributed by atoms with E-state index in [-0.39, 0.29) is 0 Å². The second kappa shape index (κ2) is 7.94. The van der Waals surface area contributed by atoms with Crippen molar-refractivity contribution in [3.8, 4) is 11.5 Å². The maximum Gasteiger partial charge on any atom is 0.207 e. The Morgan fingerprint density at radius 2 is 0.679 bits per heavy atom. The molecule has 0 bridgehead atoms. The Morgan fingerprint density at radius 1 is 0.464 bits per heavy atom. The molecule has 0 spiro atoms. The molecule has 3 nitrogen and oxygen atoms in total. The van der Waals surface area contributed by atoms with Crippen LogP contribution in [0.15, 0.2) is 0 Å². The van der Waals surface area contributed by atoms with E-state index in [0.29, 0.717) is 0 Å². The average molecular weight is 422 g/mol. The van der Waals surface area contributed by atoms with Crippen molar-refractivity contribution in [2.75, 3.05) is 13.2 Å². The summed E-state index contributed by atoms with van der Waals surface area (Å²) in [6.07, 6.45) is 0. The molecular weight excluding hydrogens is 418 g/mol. The summed E-state index contributed by atoms with van der Waals surface area (Å²) in [6.45, 7) is -2.85. The van der Waals surface area contributed by atoms with Crippen LogP contribution in [0.4, 0.5) is 43.9 Å². The molecule has 0 aromatic heterocycles. The van der Waals surface area contributed by atoms with E-state index in [4.69, 9.17) is 0 Å². The standard InChI is InChI=1S/C15H4F10O3/c16-4-6(18)10(22)14(11(23)7(4)19)27-1-3(26)2-28-15-12(24)8(20)5(17)9(21)13(15)25/h1-2H2. The second-order valence-corrected chi connectivity index (χ2v) is 4.91. The van der Waals surface area contributed by atoms with Crippen molar-refractivity contribution >= 4 is 5.78 Å². The third-order valence-corrected chi connectivity index (χ3v) is 3.09. The number of hydrogen-bond acceptors (Lipinski definition) is 3. The van der Waals surface area contributed by atoms with Gasteiger partial charge in [0.15, 0.2) is 24.7 Å². The number of Topliss-reactive ketones (excluding diaryl/α,β-unsaturated/α-hetero) is 1. The van der Waals surface area contributed by atoms with Gasteiger partial charge in [-0.15, -0.1) is 0 Å². The molecule has 0 heterocycles. The minimum atomic E-state index is -2.48. The predicted octanol–water partition coefficient (Wildman–Crippen LogP) is 4.10. The Labute approximate surface area is 148 Å². The first-order valence-corrected chi connectivity index (χ1v) is 6.79. The van der Waals surface area contributed by atoms with Gasteiger partial charge in [0.1, 0.15) is 0 Å². The molecule has 2 aromatic carbocycles. The van der Waals surface area contributed by atoms with Gasteiger partial charge in [0.2, 0.25) is 64.0 Å². The monoisotopic (exact) mass is 422 g/mol. The predicted molar refractivity (Wildman–Crippen MR) is 68.5 cm³/mol. The SMILES string of the molecule is O=C(COc1c(F)c(F)c(F)c(F)c1F)COc1c(F)c(F)c(F)c(F)c1F. The topological polar surface area (TPSA) is 35.5 Å². The van der Waals surface area contributed by atoms with Gasteiger partial charge in [-0.2, -0.15) is 17.6 Å². The lowest BCUT2D eigenvalue weighted by molar-refractivity contribution is -0.123. The largest absolute Gasteiger partial charge is 0.479 e. The molecule has 0 fully saturated rings. The smallest absolute Gasteiger partial charge is 0.207 e. The Hall–Kier alpha value is -2.99. The van der Waals surface area contributed by atoms with Crippen LogP contribution in [0.5, 0.6) is 11.5 Å². The lowest BCUT2D eigenvalue weighted by Gasteiger charge is -2.11. The van der Waals surface area contributed by atoms with Gasteiger partial charge in [0.25, 0.3) is 0 Å². The molecule has 2 aromatic rings. The summed E-state index contributed by atoms with van der Waals surface area (Å²) >= 11 is 0. The van der Waals surface area contributed by atoms with E-state index in [1.54, 1.807) is 0 Å². The van der Waals surface area contributed by atoms with Crippen LogP contribution in [-0.2, 0) is 4.79 Å². The third kappa shape index (κ3) is 3.68. The summed E-state index contributed by atoms with van der Waals surface area (Å²) in [7, 11) is 0. The molecule has 2 rings (SSSR count). The number of carbonyl (C=O) groups is 1. The van der Waals surface area contributed by atoms with Crippen LogP contribution >= 0.6 is 0 Å². The summed E-state index contributed by atoms with van der Waals surface area (Å²) in [5.74, 6) is -29.1. The van der Waals surface area contributed by atoms with Crippen molar-refractivity contribution < 1.29 is 58.2 Å². The zero-order chi connectivity index (χ0) is 21.3. The second-order valence-electron chi connectivity index (χ2n) is 4.91. The molecule has 0 N–H and O–H groups in total. The summed E-state index contributed by atoms with van der Waals surface area (Å²) in [5, 5.41) is 0. The number of ether oxygens (including phenoxy) is 2. The van der Waals surface area contributed by atoms with Crippen molar-refractivity contribution in [1.29, 1.82) is 0 Å². The van der Waals surface area contributed by atoms with Gasteiger partial charge in [-0.05, 0) is 0 Å². The minimum absolute atomic E-state index is 1.41. The highest BCUT2D eigenvalue weighted by atomic mass is 19.2. The van der Waals surface area contributed by atoms with Gasteiger partial charge < -0.3 is 9.47 Å². The molecule has 0 aliphatic rings. The van der Waals surface area contributed by atoms with Crippen LogP contribution in [0.1, 0.15) is 0 Å². The number of rotatable bonds is 6. The molecule has 0 saturated heterocycles. The fraction of sp³-hybridized carbons (Fsp3) is 0.133. The fourth-order valence-corrected chi connectivity index (χ4v) is 1.77. The Kier molecular flexibility index (Phi) is 6.04. The summed E-state index contributed by atoms with van der Waals surface area (Å²) in [4.78, 5) is 11.4. The molecule has 0 saturated carbocycles. The van der Waals surface area contributed by atoms with Gasteiger partial charge >= 0.3 is 0 Å². The van der Waals surface area contributed by atoms with Crippen molar-refractivity contribution in [2.24, 2.45) is 0 Å². The summed E-state index contributed by atoms with van der Waals surface area (Å²) in [5.41, 5.74) is 0. The van der Waals surface area contributed by atoms with Crippen LogP contribution in [-0.4, -0.2) is 19.0 Å². The van der Waals surface area contributed by atoms with Crippen molar-refractivity contribution in [3.63, 3.8) is 0 Å². The van der Waals surface area contributed by atoms with Gasteiger partial charge in [0.05, 0.1) is 0 Å². The van der Waals surface area contributed by atoms with E-state index < -0.39 is 88.7 Å². The van der Waals surface area contributed by atoms with E-state index in [1.165, 1.54) is 0 Å². The summed E-state index contributed by atoms with van der Waals surface area (Å²) < 4.78 is 139. The highest BCUT2D eigenvalue weighted by Gasteiger charge is 2.29. The lowest BCUT2D eigenvalue weighted by Crippen LogP contribution is -2.21. The number of carbonyl (C=O) groups excluding carboxylic acids is 1. The maximum atomic E-state index is 13.3. The molecule has 28 heavy (non-hydrogen) atoms. The number of halogens is 10. The molecule has 0 amide bonds. The van der Waals surface area contributed by atoms with Crippen LogP contribution in [0.3, 0.4) is 0 Å². The van der Waals surface area contributed by atoms with E-state index in [0.717, 1.165) is 0 Å². The summed E-state index contributed by atoms with van der Waals surface area (Å²) in [6, 6.07) is 0. The average Bonchev–Trinajstić information content (AvgIpc) is 2.67. The third-order valence-electron chi connectivity index (χ3n) is 3.09.